The summed E-state index contributed by atoms with van der Waals surface area (Å²) in [6.45, 7) is 10.1. The molecule has 1 N–H and O–H groups in total. The van der Waals surface area contributed by atoms with Crippen molar-refractivity contribution in [2.24, 2.45) is 0 Å². The maximum Gasteiger partial charge on any atom is 0.220 e. The van der Waals surface area contributed by atoms with Crippen molar-refractivity contribution in [2.75, 3.05) is 18.0 Å². The molecule has 2 heterocycles. The molecule has 1 fully saturated rings. The van der Waals surface area contributed by atoms with Crippen LogP contribution >= 0.6 is 0 Å². The van der Waals surface area contributed by atoms with Gasteiger partial charge in [0.1, 0.15) is 11.6 Å². The lowest BCUT2D eigenvalue weighted by atomic mass is 10.1. The lowest BCUT2D eigenvalue weighted by molar-refractivity contribution is -0.121. The number of nitrogens with one attached hydrogen (secondary N) is 1. The number of carbonyl (C=O) groups is 1. The maximum absolute atomic E-state index is 11.8. The second-order valence-electron chi connectivity index (χ2n) is 6.48. The van der Waals surface area contributed by atoms with E-state index in [4.69, 9.17) is 4.98 Å². The standard InChI is InChI=1S/C17H28N4O/c1-5-7-16(22)19-14-8-6-9-21(11-14)15-10-13(4)18-17(20-15)12(2)3/h10,12,14H,5-9,11H2,1-4H3,(H,19,22). The minimum atomic E-state index is 0.163. The molecule has 0 aliphatic carbocycles. The first-order valence-corrected chi connectivity index (χ1v) is 8.39. The summed E-state index contributed by atoms with van der Waals surface area (Å²) in [6, 6.07) is 2.27. The van der Waals surface area contributed by atoms with Crippen molar-refractivity contribution in [3.8, 4) is 0 Å². The Hall–Kier alpha value is -1.65. The molecular formula is C17H28N4O. The molecule has 0 radical (unpaired) electrons. The lowest BCUT2D eigenvalue weighted by Crippen LogP contribution is -2.48. The highest BCUT2D eigenvalue weighted by molar-refractivity contribution is 5.76. The number of hydrogen-bond donors (Lipinski definition) is 1. The molecule has 1 amide bonds. The van der Waals surface area contributed by atoms with Crippen molar-refractivity contribution >= 4 is 11.7 Å². The van der Waals surface area contributed by atoms with Gasteiger partial charge in [-0.2, -0.15) is 0 Å². The summed E-state index contributed by atoms with van der Waals surface area (Å²) in [6.07, 6.45) is 3.63. The Morgan fingerprint density at radius 2 is 2.23 bits per heavy atom. The molecule has 0 spiro atoms. The van der Waals surface area contributed by atoms with Crippen molar-refractivity contribution in [2.45, 2.75) is 65.3 Å². The Morgan fingerprint density at radius 1 is 1.45 bits per heavy atom. The van der Waals surface area contributed by atoms with Crippen LogP contribution in [0.3, 0.4) is 0 Å². The molecule has 1 aliphatic heterocycles. The van der Waals surface area contributed by atoms with E-state index in [1.807, 2.05) is 19.9 Å². The number of anilines is 1. The van der Waals surface area contributed by atoms with Gasteiger partial charge in [-0.25, -0.2) is 9.97 Å². The minimum Gasteiger partial charge on any atom is -0.354 e. The third-order valence-corrected chi connectivity index (χ3v) is 3.96. The molecule has 1 aromatic heterocycles. The highest BCUT2D eigenvalue weighted by Crippen LogP contribution is 2.21. The Morgan fingerprint density at radius 3 is 2.91 bits per heavy atom. The van der Waals surface area contributed by atoms with Gasteiger partial charge in [0, 0.05) is 43.2 Å². The lowest BCUT2D eigenvalue weighted by Gasteiger charge is -2.34. The van der Waals surface area contributed by atoms with Crippen molar-refractivity contribution in [3.63, 3.8) is 0 Å². The average Bonchev–Trinajstić information content (AvgIpc) is 2.47. The van der Waals surface area contributed by atoms with Crippen LogP contribution in [0.1, 0.15) is 63.9 Å². The van der Waals surface area contributed by atoms with Gasteiger partial charge in [0.05, 0.1) is 0 Å². The molecule has 1 saturated heterocycles. The number of hydrogen-bond acceptors (Lipinski definition) is 4. The number of piperidine rings is 1. The van der Waals surface area contributed by atoms with Crippen molar-refractivity contribution in [1.82, 2.24) is 15.3 Å². The van der Waals surface area contributed by atoms with Gasteiger partial charge >= 0.3 is 0 Å². The zero-order valence-electron chi connectivity index (χ0n) is 14.2. The Labute approximate surface area is 133 Å². The summed E-state index contributed by atoms with van der Waals surface area (Å²) in [5.74, 6) is 2.37. The van der Waals surface area contributed by atoms with Gasteiger partial charge < -0.3 is 10.2 Å². The van der Waals surface area contributed by atoms with Gasteiger partial charge in [0.2, 0.25) is 5.91 Å². The molecule has 1 aromatic rings. The number of nitrogens with zero attached hydrogens (tertiary/aromatic N) is 3. The molecular weight excluding hydrogens is 276 g/mol. The first-order chi connectivity index (χ1) is 10.5. The first kappa shape index (κ1) is 16.7. The number of carbonyl (C=O) groups excluding carboxylic acids is 1. The minimum absolute atomic E-state index is 0.163. The largest absolute Gasteiger partial charge is 0.354 e. The molecule has 0 saturated carbocycles. The van der Waals surface area contributed by atoms with Crippen molar-refractivity contribution in [1.29, 1.82) is 0 Å². The summed E-state index contributed by atoms with van der Waals surface area (Å²) in [4.78, 5) is 23.3. The van der Waals surface area contributed by atoms with E-state index in [1.54, 1.807) is 0 Å². The highest BCUT2D eigenvalue weighted by Gasteiger charge is 2.23. The van der Waals surface area contributed by atoms with Crippen LogP contribution in [0, 0.1) is 6.92 Å². The zero-order valence-corrected chi connectivity index (χ0v) is 14.2. The molecule has 2 rings (SSSR count). The Kier molecular flexibility index (Phi) is 5.75. The summed E-state index contributed by atoms with van der Waals surface area (Å²) < 4.78 is 0. The summed E-state index contributed by atoms with van der Waals surface area (Å²) in [5.41, 5.74) is 1.01. The zero-order chi connectivity index (χ0) is 16.1. The fraction of sp³-hybridized carbons (Fsp3) is 0.706. The van der Waals surface area contributed by atoms with Gasteiger partial charge in [-0.05, 0) is 26.2 Å². The fourth-order valence-electron chi connectivity index (χ4n) is 2.82. The monoisotopic (exact) mass is 304 g/mol. The molecule has 0 aromatic carbocycles. The van der Waals surface area contributed by atoms with Crippen LogP contribution < -0.4 is 10.2 Å². The van der Waals surface area contributed by atoms with E-state index in [2.05, 4.69) is 29.0 Å². The van der Waals surface area contributed by atoms with E-state index >= 15 is 0 Å². The van der Waals surface area contributed by atoms with E-state index in [9.17, 15) is 4.79 Å². The van der Waals surface area contributed by atoms with Gasteiger partial charge in [0.15, 0.2) is 0 Å². The van der Waals surface area contributed by atoms with E-state index < -0.39 is 0 Å². The van der Waals surface area contributed by atoms with Gasteiger partial charge in [-0.1, -0.05) is 20.8 Å². The topological polar surface area (TPSA) is 58.1 Å². The van der Waals surface area contributed by atoms with E-state index in [1.165, 1.54) is 0 Å². The maximum atomic E-state index is 11.8. The molecule has 1 unspecified atom stereocenters. The summed E-state index contributed by atoms with van der Waals surface area (Å²) in [5, 5.41) is 3.15. The van der Waals surface area contributed by atoms with Crippen LogP contribution in [0.15, 0.2) is 6.07 Å². The second-order valence-corrected chi connectivity index (χ2v) is 6.48. The Bertz CT molecular complexity index is 515. The van der Waals surface area contributed by atoms with Crippen LogP contribution in [0.2, 0.25) is 0 Å². The molecule has 22 heavy (non-hydrogen) atoms. The van der Waals surface area contributed by atoms with Crippen molar-refractivity contribution < 1.29 is 4.79 Å². The normalized spacial score (nSPS) is 18.6. The first-order valence-electron chi connectivity index (χ1n) is 8.39. The molecule has 1 aliphatic rings. The third-order valence-electron chi connectivity index (χ3n) is 3.96. The predicted octanol–water partition coefficient (Wildman–Crippen LogP) is 2.79. The van der Waals surface area contributed by atoms with E-state index in [0.717, 1.165) is 49.7 Å². The predicted molar refractivity (Wildman–Crippen MR) is 89.1 cm³/mol. The van der Waals surface area contributed by atoms with Crippen LogP contribution in [0.5, 0.6) is 0 Å². The number of aryl methyl sites for hydroxylation is 1. The van der Waals surface area contributed by atoms with Crippen molar-refractivity contribution in [3.05, 3.63) is 17.6 Å². The number of aromatic nitrogens is 2. The SMILES string of the molecule is CCCC(=O)NC1CCCN(c2cc(C)nc(C(C)C)n2)C1. The third kappa shape index (κ3) is 4.42. The molecule has 0 bridgehead atoms. The van der Waals surface area contributed by atoms with Crippen LogP contribution in [0.25, 0.3) is 0 Å². The van der Waals surface area contributed by atoms with Crippen LogP contribution in [-0.4, -0.2) is 35.0 Å². The fourth-order valence-corrected chi connectivity index (χ4v) is 2.82. The average molecular weight is 304 g/mol. The smallest absolute Gasteiger partial charge is 0.220 e. The quantitative estimate of drug-likeness (QED) is 0.909. The number of rotatable bonds is 5. The van der Waals surface area contributed by atoms with Crippen LogP contribution in [0.4, 0.5) is 5.82 Å². The summed E-state index contributed by atoms with van der Waals surface area (Å²) >= 11 is 0. The number of amides is 1. The molecule has 5 heteroatoms. The molecule has 5 nitrogen and oxygen atoms in total. The van der Waals surface area contributed by atoms with E-state index in [0.29, 0.717) is 12.3 Å². The second kappa shape index (κ2) is 7.56. The summed E-state index contributed by atoms with van der Waals surface area (Å²) in [7, 11) is 0. The van der Waals surface area contributed by atoms with E-state index in [-0.39, 0.29) is 11.9 Å². The highest BCUT2D eigenvalue weighted by atomic mass is 16.1. The molecule has 1 atom stereocenters. The van der Waals surface area contributed by atoms with Gasteiger partial charge in [-0.3, -0.25) is 4.79 Å². The van der Waals surface area contributed by atoms with Gasteiger partial charge in [0.25, 0.3) is 0 Å². The Balaban J connectivity index is 2.07. The van der Waals surface area contributed by atoms with Crippen LogP contribution in [-0.2, 0) is 4.79 Å². The molecule has 122 valence electrons. The van der Waals surface area contributed by atoms with Gasteiger partial charge in [-0.15, -0.1) is 0 Å².